The average Bonchev–Trinajstić information content (AvgIpc) is 3.65. The lowest BCUT2D eigenvalue weighted by Crippen LogP contribution is -2.40. The second-order valence-electron chi connectivity index (χ2n) is 15.3. The molecule has 2 aliphatic heterocycles. The summed E-state index contributed by atoms with van der Waals surface area (Å²) in [6.45, 7) is 27.7. The molecule has 0 aromatic heterocycles. The van der Waals surface area contributed by atoms with E-state index in [9.17, 15) is 9.59 Å². The van der Waals surface area contributed by atoms with E-state index < -0.39 is 11.7 Å². The topological polar surface area (TPSA) is 110 Å². The Bertz CT molecular complexity index is 1420. The molecule has 0 radical (unpaired) electrons. The van der Waals surface area contributed by atoms with Crippen molar-refractivity contribution < 1.29 is 14.3 Å². The van der Waals surface area contributed by atoms with Gasteiger partial charge in [0.1, 0.15) is 5.60 Å². The van der Waals surface area contributed by atoms with E-state index in [1.165, 1.54) is 12.8 Å². The number of likely N-dealkylation sites (tertiary alicyclic amines) is 2. The van der Waals surface area contributed by atoms with Crippen LogP contribution in [-0.4, -0.2) is 64.0 Å². The van der Waals surface area contributed by atoms with Crippen molar-refractivity contribution in [2.24, 2.45) is 0 Å². The van der Waals surface area contributed by atoms with Gasteiger partial charge in [-0.3, -0.25) is 4.79 Å². The fraction of sp³-hybridized carbons (Fsp3) is 0.636. The second kappa shape index (κ2) is 23.1. The third-order valence-corrected chi connectivity index (χ3v) is 9.54. The molecular weight excluding hydrogens is 647 g/mol. The van der Waals surface area contributed by atoms with E-state index in [0.717, 1.165) is 90.9 Å². The first-order valence-electron chi connectivity index (χ1n) is 19.8. The van der Waals surface area contributed by atoms with Crippen molar-refractivity contribution in [2.75, 3.05) is 13.1 Å². The van der Waals surface area contributed by atoms with Gasteiger partial charge < -0.3 is 30.7 Å². The molecule has 0 spiro atoms. The van der Waals surface area contributed by atoms with Crippen LogP contribution in [0.4, 0.5) is 4.79 Å². The van der Waals surface area contributed by atoms with Crippen LogP contribution in [0.25, 0.3) is 0 Å². The van der Waals surface area contributed by atoms with E-state index in [-0.39, 0.29) is 11.9 Å². The van der Waals surface area contributed by atoms with Gasteiger partial charge in [-0.1, -0.05) is 65.7 Å². The third-order valence-electron chi connectivity index (χ3n) is 9.54. The van der Waals surface area contributed by atoms with Crippen LogP contribution < -0.4 is 5.32 Å². The van der Waals surface area contributed by atoms with Crippen LogP contribution >= 0.6 is 0 Å². The Balaban J connectivity index is 0.00000174. The van der Waals surface area contributed by atoms with E-state index in [1.54, 1.807) is 0 Å². The quantitative estimate of drug-likeness (QED) is 0.0838. The second-order valence-corrected chi connectivity index (χ2v) is 15.3. The van der Waals surface area contributed by atoms with E-state index in [4.69, 9.17) is 15.6 Å². The van der Waals surface area contributed by atoms with Gasteiger partial charge in [0.25, 0.3) is 5.91 Å². The summed E-state index contributed by atoms with van der Waals surface area (Å²) >= 11 is 0. The first-order valence-corrected chi connectivity index (χ1v) is 19.8. The number of alkyl carbamates (subject to hydrolysis) is 1. The highest BCUT2D eigenvalue weighted by molar-refractivity contribution is 6.03. The number of ether oxygens (including phenoxy) is 1. The smallest absolute Gasteiger partial charge is 0.408 e. The molecule has 52 heavy (non-hydrogen) atoms. The number of hydrogen-bond donors (Lipinski definition) is 3. The number of rotatable bonds is 16. The van der Waals surface area contributed by atoms with Crippen LogP contribution in [0.2, 0.25) is 0 Å². The van der Waals surface area contributed by atoms with Crippen molar-refractivity contribution in [2.45, 2.75) is 172 Å². The predicted octanol–water partition coefficient (Wildman–Crippen LogP) is 11.4. The first kappa shape index (κ1) is 46.3. The van der Waals surface area contributed by atoms with Crippen molar-refractivity contribution in [1.29, 1.82) is 10.8 Å². The van der Waals surface area contributed by atoms with Crippen molar-refractivity contribution in [3.05, 3.63) is 69.6 Å². The molecule has 2 saturated heterocycles. The number of allylic oxidation sites excluding steroid dienone is 7. The molecule has 2 aliphatic rings. The SMILES string of the molecule is CC/C=C(/C=C1/C(=O)N(C(/C=C\C=C(/C)C(=N)CCC)=C(C)CC)C/C1=C(/C)C(CC)NC(=O)OC(C)(C)C)N1CCCC1C.CCCCC(C)=N. The summed E-state index contributed by atoms with van der Waals surface area (Å²) in [6, 6.07) is 0.140. The number of unbranched alkanes of at least 4 members (excludes halogenated alkanes) is 1. The number of carbonyl (C=O) groups is 2. The standard InChI is InChI=1S/C38H60N4O3.C6H13N/c1-12-18-30(41-23-17-21-28(41)7)24-31-32(29(8)34(15-4)40-37(44)45-38(9,10)11)25-42(36(31)43)35(26(5)14-3)22-16-20-27(6)33(39)19-13-2;1-3-4-5-6(2)7/h16,18,20,22,24,28,34,39H,12-15,17,19,21,23,25H2,1-11H3,(H,40,44);7H,3-5H2,1-2H3/b22-16-,27-20+,30-18-,31-24+,32-29+,35-26?,39-33?;. The lowest BCUT2D eigenvalue weighted by atomic mass is 9.95. The highest BCUT2D eigenvalue weighted by Crippen LogP contribution is 2.35. The maximum absolute atomic E-state index is 14.5. The minimum Gasteiger partial charge on any atom is -0.444 e. The molecule has 292 valence electrons. The molecule has 2 atom stereocenters. The Morgan fingerprint density at radius 3 is 2.19 bits per heavy atom. The summed E-state index contributed by atoms with van der Waals surface area (Å²) < 4.78 is 5.59. The van der Waals surface area contributed by atoms with Crippen molar-refractivity contribution >= 4 is 23.4 Å². The fourth-order valence-electron chi connectivity index (χ4n) is 6.30. The molecule has 0 aromatic rings. The molecule has 0 aromatic carbocycles. The Hall–Kier alpha value is -3.68. The van der Waals surface area contributed by atoms with Crippen molar-refractivity contribution in [3.63, 3.8) is 0 Å². The summed E-state index contributed by atoms with van der Waals surface area (Å²) in [4.78, 5) is 31.6. The lowest BCUT2D eigenvalue weighted by molar-refractivity contribution is -0.123. The highest BCUT2D eigenvalue weighted by Gasteiger charge is 2.36. The van der Waals surface area contributed by atoms with Gasteiger partial charge in [-0.2, -0.15) is 0 Å². The lowest BCUT2D eigenvalue weighted by Gasteiger charge is -2.26. The largest absolute Gasteiger partial charge is 0.444 e. The molecule has 8 heteroatoms. The van der Waals surface area contributed by atoms with Crippen LogP contribution in [0, 0.1) is 10.8 Å². The molecule has 3 N–H and O–H groups in total. The predicted molar refractivity (Wildman–Crippen MR) is 221 cm³/mol. The summed E-state index contributed by atoms with van der Waals surface area (Å²) in [7, 11) is 0. The molecule has 2 amide bonds. The van der Waals surface area contributed by atoms with E-state index in [2.05, 4.69) is 63.9 Å². The zero-order valence-electron chi connectivity index (χ0n) is 35.1. The maximum atomic E-state index is 14.5. The van der Waals surface area contributed by atoms with Crippen molar-refractivity contribution in [3.8, 4) is 0 Å². The number of amides is 2. The molecule has 2 heterocycles. The Morgan fingerprint density at radius 1 is 1.04 bits per heavy atom. The molecule has 2 rings (SSSR count). The van der Waals surface area contributed by atoms with Crippen LogP contribution in [0.1, 0.15) is 154 Å². The molecule has 2 unspecified atom stereocenters. The molecule has 0 bridgehead atoms. The summed E-state index contributed by atoms with van der Waals surface area (Å²) in [5, 5.41) is 18.4. The fourth-order valence-corrected chi connectivity index (χ4v) is 6.30. The zero-order chi connectivity index (χ0) is 39.6. The molecule has 0 aliphatic carbocycles. The van der Waals surface area contributed by atoms with Crippen LogP contribution in [0.3, 0.4) is 0 Å². The van der Waals surface area contributed by atoms with Crippen LogP contribution in [-0.2, 0) is 9.53 Å². The maximum Gasteiger partial charge on any atom is 0.408 e. The first-order chi connectivity index (χ1) is 24.5. The van der Waals surface area contributed by atoms with E-state index in [1.807, 2.05) is 71.6 Å². The molecule has 2 fully saturated rings. The normalized spacial score (nSPS) is 19.8. The Kier molecular flexibility index (Phi) is 20.6. The zero-order valence-corrected chi connectivity index (χ0v) is 35.1. The molecule has 0 saturated carbocycles. The number of nitrogens with zero attached hydrogens (tertiary/aromatic N) is 2. The van der Waals surface area contributed by atoms with Gasteiger partial charge in [0.05, 0.1) is 12.6 Å². The van der Waals surface area contributed by atoms with Gasteiger partial charge in [0.2, 0.25) is 0 Å². The van der Waals surface area contributed by atoms with E-state index in [0.29, 0.717) is 30.3 Å². The van der Waals surface area contributed by atoms with Crippen molar-refractivity contribution in [1.82, 2.24) is 15.1 Å². The van der Waals surface area contributed by atoms with Gasteiger partial charge in [0, 0.05) is 41.0 Å². The highest BCUT2D eigenvalue weighted by atomic mass is 16.6. The van der Waals surface area contributed by atoms with E-state index >= 15 is 0 Å². The summed E-state index contributed by atoms with van der Waals surface area (Å²) in [5.74, 6) is -0.0304. The van der Waals surface area contributed by atoms with Crippen LogP contribution in [0.15, 0.2) is 69.6 Å². The Morgan fingerprint density at radius 2 is 1.71 bits per heavy atom. The number of hydrogen-bond acceptors (Lipinski definition) is 6. The molecule has 8 nitrogen and oxygen atoms in total. The number of nitrogens with one attached hydrogen (secondary N) is 3. The van der Waals surface area contributed by atoms with Crippen LogP contribution in [0.5, 0.6) is 0 Å². The molecular formula is C44H73N5O3. The minimum atomic E-state index is -0.605. The summed E-state index contributed by atoms with van der Waals surface area (Å²) in [6.07, 6.45) is 19.5. The monoisotopic (exact) mass is 720 g/mol. The Labute approximate surface area is 317 Å². The number of carbonyl (C=O) groups excluding carboxylic acids is 2. The van der Waals surface area contributed by atoms with Gasteiger partial charge in [-0.25, -0.2) is 4.79 Å². The summed E-state index contributed by atoms with van der Waals surface area (Å²) in [5.41, 5.74) is 7.45. The van der Waals surface area contributed by atoms with Gasteiger partial charge in [0.15, 0.2) is 0 Å². The van der Waals surface area contributed by atoms with Gasteiger partial charge in [-0.05, 0) is 141 Å². The van der Waals surface area contributed by atoms with Gasteiger partial charge in [-0.15, -0.1) is 0 Å². The van der Waals surface area contributed by atoms with Gasteiger partial charge >= 0.3 is 6.09 Å². The minimum absolute atomic E-state index is 0.0304. The average molecular weight is 720 g/mol. The third kappa shape index (κ3) is 15.1.